The van der Waals surface area contributed by atoms with E-state index in [-0.39, 0.29) is 31.6 Å². The third-order valence-corrected chi connectivity index (χ3v) is 39.7. The van der Waals surface area contributed by atoms with E-state index in [0.29, 0.717) is 0 Å². The van der Waals surface area contributed by atoms with Gasteiger partial charge in [0.25, 0.3) is 0 Å². The van der Waals surface area contributed by atoms with Crippen molar-refractivity contribution in [3.8, 4) is 11.5 Å². The first-order chi connectivity index (χ1) is 43.7. The number of rotatable bonds is 3. The Kier molecular flexibility index (Phi) is 9.48. The molecule has 13 heteroatoms. The number of hydrogen-bond donors (Lipinski definition) is 0. The number of hydrogen-bond acceptors (Lipinski definition) is 8. The number of benzene rings is 14. The quantitative estimate of drug-likeness (QED) is 0.0985. The zero-order valence-electron chi connectivity index (χ0n) is 46.3. The Hall–Kier alpha value is -9.44. The number of anilines is 9. The van der Waals surface area contributed by atoms with Gasteiger partial charge in [0.15, 0.2) is 0 Å². The van der Waals surface area contributed by atoms with Gasteiger partial charge < -0.3 is 0 Å². The molecule has 0 fully saturated rings. The molecule has 420 valence electrons. The second-order valence-corrected chi connectivity index (χ2v) is 39.2. The molecular formula is C76H38BiCl4N3O5. The molecule has 3 aromatic heterocycles. The van der Waals surface area contributed by atoms with Crippen molar-refractivity contribution in [1.29, 1.82) is 0 Å². The van der Waals surface area contributed by atoms with Gasteiger partial charge in [-0.2, -0.15) is 0 Å². The van der Waals surface area contributed by atoms with E-state index in [2.05, 4.69) is 245 Å². The predicted octanol–water partition coefficient (Wildman–Crippen LogP) is 21.8. The molecule has 0 amide bonds. The summed E-state index contributed by atoms with van der Waals surface area (Å²) in [6.07, 6.45) is 0. The molecule has 4 aliphatic rings. The summed E-state index contributed by atoms with van der Waals surface area (Å²) in [4.78, 5) is 7.20. The molecule has 17 aromatic rings. The molecular weight excluding hydrogens is 1390 g/mol. The number of nitrogens with zero attached hydrogens (tertiary/aromatic N) is 3. The van der Waals surface area contributed by atoms with Crippen LogP contribution in [0.2, 0.25) is 20.1 Å². The molecule has 89 heavy (non-hydrogen) atoms. The van der Waals surface area contributed by atoms with Gasteiger partial charge in [-0.05, 0) is 0 Å². The summed E-state index contributed by atoms with van der Waals surface area (Å²) in [5.41, 5.74) is 12.6. The van der Waals surface area contributed by atoms with Crippen molar-refractivity contribution in [1.82, 2.24) is 0 Å². The van der Waals surface area contributed by atoms with E-state index < -0.39 is 19.7 Å². The van der Waals surface area contributed by atoms with Gasteiger partial charge in [0.1, 0.15) is 0 Å². The summed E-state index contributed by atoms with van der Waals surface area (Å²) in [5, 5.41) is 15.0. The van der Waals surface area contributed by atoms with Crippen molar-refractivity contribution in [3.63, 3.8) is 0 Å². The first-order valence-electron chi connectivity index (χ1n) is 29.2. The number of furan rings is 3. The SMILES string of the molecule is Clc1c(Cl)c(Cl)c2c(c1Cl)[O][Bi]13([O]2)[c]2c4cccc2N(c2ccc5oc6cc7ccccc7cc6c5c2)c2cc5ccccc5c([c]21)N(c1ccc2oc5cc6ccccc6cc5c2c1)c1cccc([c]13)N4c1ccc2oc3cc4ccccc4cc3c2c1. The molecule has 0 atom stereocenters. The molecule has 0 aliphatic carbocycles. The van der Waals surface area contributed by atoms with E-state index in [4.69, 9.17) is 65.3 Å². The molecule has 0 saturated carbocycles. The summed E-state index contributed by atoms with van der Waals surface area (Å²) in [6.45, 7) is 0. The fourth-order valence-corrected chi connectivity index (χ4v) is 39.5. The van der Waals surface area contributed by atoms with Crippen molar-refractivity contribution in [2.75, 3.05) is 14.7 Å². The van der Waals surface area contributed by atoms with Gasteiger partial charge >= 0.3 is 532 Å². The Labute approximate surface area is 527 Å². The minimum absolute atomic E-state index is 0.0749. The fourth-order valence-electron chi connectivity index (χ4n) is 15.4. The standard InChI is InChI=1S/C70H38N3O3.C6H2Cl4O2.Bi/c1-4-14-45-33-68-58(30-42(45)11-1)61-38-53(23-26-65(61)74-68)71-49-18-9-20-51(36-49)72(54-24-27-66-62(39-54)59-31-43-12-2-5-15-46(43)34-69(59)75-66)56-29-48-17-7-8-22-57(48)64(41-56)73(52-21-10-19-50(71)37-52)55-25-28-67-63(40-55)60-32-44-13-3-6-16-47(44)35-70(60)76-67;7-1-2(8)4(10)6(12)5(11)3(1)9;/h1-35,38-40H;11-12H;/q;;+2/p-2. The summed E-state index contributed by atoms with van der Waals surface area (Å²) < 4.78 is 39.7. The van der Waals surface area contributed by atoms with E-state index in [1.807, 2.05) is 0 Å². The molecule has 14 aromatic carbocycles. The van der Waals surface area contributed by atoms with Gasteiger partial charge in [-0.1, -0.05) is 0 Å². The maximum absolute atomic E-state index is 8.43. The van der Waals surface area contributed by atoms with Crippen LogP contribution in [-0.2, 0) is 0 Å². The maximum atomic E-state index is 8.43. The van der Waals surface area contributed by atoms with Crippen molar-refractivity contribution in [2.24, 2.45) is 0 Å². The molecule has 7 heterocycles. The zero-order valence-corrected chi connectivity index (χ0v) is 52.8. The Morgan fingerprint density at radius 1 is 0.258 bits per heavy atom. The normalized spacial score (nSPS) is 15.3. The molecule has 1 spiro atoms. The van der Waals surface area contributed by atoms with Gasteiger partial charge in [0.2, 0.25) is 0 Å². The van der Waals surface area contributed by atoms with Crippen LogP contribution in [0.25, 0.3) is 109 Å². The van der Waals surface area contributed by atoms with Crippen LogP contribution in [0.15, 0.2) is 244 Å². The molecule has 8 nitrogen and oxygen atoms in total. The molecule has 0 unspecified atom stereocenters. The fraction of sp³-hybridized carbons (Fsp3) is 0. The zero-order chi connectivity index (χ0) is 58.5. The van der Waals surface area contributed by atoms with E-state index >= 15 is 0 Å². The van der Waals surface area contributed by atoms with Gasteiger partial charge in [0, 0.05) is 0 Å². The van der Waals surface area contributed by atoms with Crippen LogP contribution in [0.3, 0.4) is 0 Å². The molecule has 0 bridgehead atoms. The Bertz CT molecular complexity index is 6150. The Balaban J connectivity index is 0.936. The van der Waals surface area contributed by atoms with E-state index in [9.17, 15) is 0 Å². The number of halogens is 4. The van der Waals surface area contributed by atoms with Crippen LogP contribution < -0.4 is 30.1 Å². The van der Waals surface area contributed by atoms with Crippen LogP contribution in [0.5, 0.6) is 11.5 Å². The Morgan fingerprint density at radius 3 is 1.03 bits per heavy atom. The summed E-state index contributed by atoms with van der Waals surface area (Å²) in [5.74, 6) is 0.493. The monoisotopic (exact) mass is 1420 g/mol. The van der Waals surface area contributed by atoms with Crippen molar-refractivity contribution < 1.29 is 18.9 Å². The van der Waals surface area contributed by atoms with Gasteiger partial charge in [-0.25, -0.2) is 0 Å². The predicted molar refractivity (Wildman–Crippen MR) is 368 cm³/mol. The van der Waals surface area contributed by atoms with Crippen LogP contribution in [0, 0.1) is 0 Å². The summed E-state index contributed by atoms with van der Waals surface area (Å²) in [7, 11) is 0. The number of fused-ring (bicyclic) bond motifs is 15. The minimum atomic E-state index is -6.87. The van der Waals surface area contributed by atoms with E-state index in [0.717, 1.165) is 170 Å². The molecule has 0 saturated heterocycles. The molecule has 4 aliphatic heterocycles. The molecule has 0 radical (unpaired) electrons. The first kappa shape index (κ1) is 49.5. The summed E-state index contributed by atoms with van der Waals surface area (Å²) >= 11 is 22.7. The molecule has 21 rings (SSSR count). The van der Waals surface area contributed by atoms with E-state index in [1.165, 1.54) is 0 Å². The third kappa shape index (κ3) is 6.15. The van der Waals surface area contributed by atoms with Crippen molar-refractivity contribution in [3.05, 3.63) is 251 Å². The van der Waals surface area contributed by atoms with E-state index in [1.54, 1.807) is 0 Å². The second kappa shape index (κ2) is 17.0. The Morgan fingerprint density at radius 2 is 0.607 bits per heavy atom. The summed E-state index contributed by atoms with van der Waals surface area (Å²) in [6, 6.07) is 81.9. The molecule has 0 N–H and O–H groups in total. The van der Waals surface area contributed by atoms with Crippen molar-refractivity contribution in [2.45, 2.75) is 0 Å². The van der Waals surface area contributed by atoms with Crippen LogP contribution in [-0.4, -0.2) is 19.7 Å². The first-order valence-corrected chi connectivity index (χ1v) is 38.8. The third-order valence-electron chi connectivity index (χ3n) is 19.1. The topological polar surface area (TPSA) is 67.6 Å². The second-order valence-electron chi connectivity index (χ2n) is 23.6. The van der Waals surface area contributed by atoms with Crippen LogP contribution in [0.1, 0.15) is 0 Å². The van der Waals surface area contributed by atoms with Crippen LogP contribution in [0.4, 0.5) is 51.2 Å². The average molecular weight is 1420 g/mol. The average Bonchev–Trinajstić information content (AvgIpc) is 1.62. The van der Waals surface area contributed by atoms with Gasteiger partial charge in [0.05, 0.1) is 0 Å². The van der Waals surface area contributed by atoms with Gasteiger partial charge in [-0.3, -0.25) is 0 Å². The van der Waals surface area contributed by atoms with Crippen molar-refractivity contribution >= 4 is 236 Å². The van der Waals surface area contributed by atoms with Crippen LogP contribution >= 0.6 is 46.4 Å². The van der Waals surface area contributed by atoms with Gasteiger partial charge in [-0.15, -0.1) is 0 Å².